The minimum atomic E-state index is -4.39. The van der Waals surface area contributed by atoms with Gasteiger partial charge in [-0.05, 0) is 42.1 Å². The van der Waals surface area contributed by atoms with E-state index in [9.17, 15) is 22.8 Å². The molecule has 27 heavy (non-hydrogen) atoms. The van der Waals surface area contributed by atoms with Gasteiger partial charge in [0.05, 0.1) is 6.26 Å². The SMILES string of the molecule is O=C(Nc1cccc(SC(F)(F)F)c1)N1CCN(C(=O)c2ccco2)CC1. The maximum Gasteiger partial charge on any atom is 0.446 e. The Bertz CT molecular complexity index is 803. The first kappa shape index (κ1) is 19.2. The minimum Gasteiger partial charge on any atom is -0.459 e. The molecule has 1 fully saturated rings. The summed E-state index contributed by atoms with van der Waals surface area (Å²) in [5.74, 6) is 0.00353. The van der Waals surface area contributed by atoms with Crippen molar-refractivity contribution in [3.8, 4) is 0 Å². The Morgan fingerprint density at radius 2 is 1.74 bits per heavy atom. The van der Waals surface area contributed by atoms with Gasteiger partial charge in [-0.15, -0.1) is 0 Å². The number of urea groups is 1. The average Bonchev–Trinajstić information content (AvgIpc) is 3.14. The predicted molar refractivity (Wildman–Crippen MR) is 93.6 cm³/mol. The van der Waals surface area contributed by atoms with E-state index in [0.717, 1.165) is 0 Å². The Labute approximate surface area is 157 Å². The number of thioether (sulfide) groups is 1. The average molecular weight is 399 g/mol. The number of nitrogens with zero attached hydrogens (tertiary/aromatic N) is 2. The molecule has 1 N–H and O–H groups in total. The van der Waals surface area contributed by atoms with Crippen LogP contribution < -0.4 is 5.32 Å². The molecule has 0 radical (unpaired) electrons. The molecule has 2 heterocycles. The molecule has 0 atom stereocenters. The lowest BCUT2D eigenvalue weighted by Crippen LogP contribution is -2.51. The molecular weight excluding hydrogens is 383 g/mol. The minimum absolute atomic E-state index is 0.00540. The number of carbonyl (C=O) groups is 2. The van der Waals surface area contributed by atoms with E-state index in [2.05, 4.69) is 5.32 Å². The summed E-state index contributed by atoms with van der Waals surface area (Å²) in [6.45, 7) is 1.32. The van der Waals surface area contributed by atoms with Gasteiger partial charge in [0.2, 0.25) is 0 Å². The van der Waals surface area contributed by atoms with Crippen LogP contribution in [0.4, 0.5) is 23.7 Å². The first-order valence-electron chi connectivity index (χ1n) is 8.06. The number of anilines is 1. The normalized spacial score (nSPS) is 14.9. The Morgan fingerprint density at radius 3 is 2.37 bits per heavy atom. The van der Waals surface area contributed by atoms with Crippen LogP contribution >= 0.6 is 11.8 Å². The molecule has 0 spiro atoms. The summed E-state index contributed by atoms with van der Waals surface area (Å²) in [5.41, 5.74) is -4.11. The van der Waals surface area contributed by atoms with Gasteiger partial charge in [0.15, 0.2) is 5.76 Å². The molecule has 1 aliphatic rings. The van der Waals surface area contributed by atoms with Gasteiger partial charge in [0, 0.05) is 36.8 Å². The Balaban J connectivity index is 1.54. The zero-order valence-corrected chi connectivity index (χ0v) is 14.8. The second kappa shape index (κ2) is 7.95. The topological polar surface area (TPSA) is 65.8 Å². The van der Waals surface area contributed by atoms with E-state index in [1.807, 2.05) is 0 Å². The van der Waals surface area contributed by atoms with Crippen LogP contribution in [-0.2, 0) is 0 Å². The van der Waals surface area contributed by atoms with Gasteiger partial charge in [-0.3, -0.25) is 4.79 Å². The Kier molecular flexibility index (Phi) is 5.64. The summed E-state index contributed by atoms with van der Waals surface area (Å²) >= 11 is -0.238. The van der Waals surface area contributed by atoms with E-state index in [0.29, 0.717) is 26.2 Å². The molecule has 10 heteroatoms. The summed E-state index contributed by atoms with van der Waals surface area (Å²) < 4.78 is 42.5. The molecule has 6 nitrogen and oxygen atoms in total. The Hall–Kier alpha value is -2.62. The number of alkyl halides is 3. The van der Waals surface area contributed by atoms with Crippen LogP contribution in [0.1, 0.15) is 10.6 Å². The van der Waals surface area contributed by atoms with E-state index >= 15 is 0 Å². The first-order valence-corrected chi connectivity index (χ1v) is 8.88. The van der Waals surface area contributed by atoms with Crippen molar-refractivity contribution >= 4 is 29.4 Å². The van der Waals surface area contributed by atoms with Crippen molar-refractivity contribution in [3.05, 3.63) is 48.4 Å². The van der Waals surface area contributed by atoms with E-state index in [1.165, 1.54) is 35.4 Å². The molecule has 144 valence electrons. The van der Waals surface area contributed by atoms with Crippen LogP contribution in [-0.4, -0.2) is 53.4 Å². The largest absolute Gasteiger partial charge is 0.459 e. The number of benzene rings is 1. The van der Waals surface area contributed by atoms with Gasteiger partial charge in [-0.25, -0.2) is 4.79 Å². The van der Waals surface area contributed by atoms with Crippen molar-refractivity contribution in [2.75, 3.05) is 31.5 Å². The highest BCUT2D eigenvalue weighted by atomic mass is 32.2. The molecular formula is C17H16F3N3O3S. The van der Waals surface area contributed by atoms with Gasteiger partial charge >= 0.3 is 11.5 Å². The van der Waals surface area contributed by atoms with Gasteiger partial charge in [0.1, 0.15) is 0 Å². The maximum absolute atomic E-state index is 12.5. The molecule has 3 amide bonds. The van der Waals surface area contributed by atoms with Gasteiger partial charge in [-0.2, -0.15) is 13.2 Å². The highest BCUT2D eigenvalue weighted by Crippen LogP contribution is 2.37. The highest BCUT2D eigenvalue weighted by molar-refractivity contribution is 8.00. The third-order valence-electron chi connectivity index (χ3n) is 3.90. The molecule has 0 aliphatic carbocycles. The van der Waals surface area contributed by atoms with Crippen LogP contribution in [0.3, 0.4) is 0 Å². The zero-order valence-electron chi connectivity index (χ0n) is 14.0. The monoisotopic (exact) mass is 399 g/mol. The molecule has 1 saturated heterocycles. The van der Waals surface area contributed by atoms with E-state index in [1.54, 1.807) is 17.0 Å². The van der Waals surface area contributed by atoms with E-state index < -0.39 is 11.5 Å². The zero-order chi connectivity index (χ0) is 19.4. The standard InChI is InChI=1S/C17H16F3N3O3S/c18-17(19,20)27-13-4-1-3-12(11-13)21-16(25)23-8-6-22(7-9-23)15(24)14-5-2-10-26-14/h1-5,10-11H,6-9H2,(H,21,25). The van der Waals surface area contributed by atoms with Crippen molar-refractivity contribution in [1.82, 2.24) is 9.80 Å². The van der Waals surface area contributed by atoms with Gasteiger partial charge in [-0.1, -0.05) is 6.07 Å². The molecule has 0 bridgehead atoms. The Morgan fingerprint density at radius 1 is 1.04 bits per heavy atom. The maximum atomic E-state index is 12.5. The molecule has 1 aromatic carbocycles. The summed E-state index contributed by atoms with van der Waals surface area (Å²) in [6.07, 6.45) is 1.42. The second-order valence-corrected chi connectivity index (χ2v) is 6.90. The number of halogens is 3. The summed E-state index contributed by atoms with van der Waals surface area (Å²) in [5, 5.41) is 2.59. The van der Waals surface area contributed by atoms with Crippen LogP contribution in [0.2, 0.25) is 0 Å². The van der Waals surface area contributed by atoms with Crippen LogP contribution in [0.25, 0.3) is 0 Å². The fourth-order valence-electron chi connectivity index (χ4n) is 2.64. The fraction of sp³-hybridized carbons (Fsp3) is 0.294. The molecule has 0 saturated carbocycles. The number of hydrogen-bond donors (Lipinski definition) is 1. The number of furan rings is 1. The van der Waals surface area contributed by atoms with Crippen molar-refractivity contribution in [1.29, 1.82) is 0 Å². The lowest BCUT2D eigenvalue weighted by molar-refractivity contribution is -0.0328. The number of rotatable bonds is 3. The lowest BCUT2D eigenvalue weighted by Gasteiger charge is -2.34. The third-order valence-corrected chi connectivity index (χ3v) is 4.63. The van der Waals surface area contributed by atoms with Crippen molar-refractivity contribution < 1.29 is 27.2 Å². The first-order chi connectivity index (χ1) is 12.8. The van der Waals surface area contributed by atoms with Crippen molar-refractivity contribution in [3.63, 3.8) is 0 Å². The number of amides is 3. The number of carbonyl (C=O) groups excluding carboxylic acids is 2. The van der Waals surface area contributed by atoms with Gasteiger partial charge in [0.25, 0.3) is 5.91 Å². The molecule has 1 aliphatic heterocycles. The summed E-state index contributed by atoms with van der Waals surface area (Å²) in [4.78, 5) is 27.6. The quantitative estimate of drug-likeness (QED) is 0.796. The molecule has 2 aromatic rings. The van der Waals surface area contributed by atoms with Crippen LogP contribution in [0, 0.1) is 0 Å². The smallest absolute Gasteiger partial charge is 0.446 e. The predicted octanol–water partition coefficient (Wildman–Crippen LogP) is 3.88. The second-order valence-electron chi connectivity index (χ2n) is 5.76. The summed E-state index contributed by atoms with van der Waals surface area (Å²) in [7, 11) is 0. The molecule has 1 aromatic heterocycles. The van der Waals surface area contributed by atoms with Crippen molar-refractivity contribution in [2.45, 2.75) is 10.4 Å². The summed E-state index contributed by atoms with van der Waals surface area (Å²) in [6, 6.07) is 8.35. The number of hydrogen-bond acceptors (Lipinski definition) is 4. The number of piperazine rings is 1. The molecule has 0 unspecified atom stereocenters. The van der Waals surface area contributed by atoms with Crippen molar-refractivity contribution in [2.24, 2.45) is 0 Å². The van der Waals surface area contributed by atoms with Crippen LogP contribution in [0.15, 0.2) is 52.0 Å². The third kappa shape index (κ3) is 5.19. The fourth-order valence-corrected chi connectivity index (χ4v) is 3.24. The molecule has 3 rings (SSSR count). The highest BCUT2D eigenvalue weighted by Gasteiger charge is 2.29. The van der Waals surface area contributed by atoms with E-state index in [4.69, 9.17) is 4.42 Å². The van der Waals surface area contributed by atoms with Gasteiger partial charge < -0.3 is 19.5 Å². The lowest BCUT2D eigenvalue weighted by atomic mass is 10.3. The number of nitrogens with one attached hydrogen (secondary N) is 1. The van der Waals surface area contributed by atoms with E-state index in [-0.39, 0.29) is 34.0 Å². The van der Waals surface area contributed by atoms with Crippen LogP contribution in [0.5, 0.6) is 0 Å².